The summed E-state index contributed by atoms with van der Waals surface area (Å²) in [5, 5.41) is 0.391. The average molecular weight is 388 g/mol. The van der Waals surface area contributed by atoms with Crippen molar-refractivity contribution in [3.8, 4) is 0 Å². The van der Waals surface area contributed by atoms with Gasteiger partial charge in [-0.3, -0.25) is 9.59 Å². The molecule has 0 radical (unpaired) electrons. The summed E-state index contributed by atoms with van der Waals surface area (Å²) < 4.78 is 20.3. The van der Waals surface area contributed by atoms with Gasteiger partial charge in [0.15, 0.2) is 0 Å². The lowest BCUT2D eigenvalue weighted by atomic mass is 9.90. The molecule has 138 valence electrons. The first kappa shape index (κ1) is 17.7. The number of hydrogen-bond donors (Lipinski definition) is 0. The molecule has 1 aliphatic carbocycles. The monoisotopic (exact) mass is 387 g/mol. The Labute approximate surface area is 159 Å². The van der Waals surface area contributed by atoms with E-state index in [0.717, 1.165) is 17.6 Å². The van der Waals surface area contributed by atoms with Crippen LogP contribution in [0, 0.1) is 12.8 Å². The number of fused-ring (bicyclic) bond motifs is 1. The number of amides is 2. The predicted octanol–water partition coefficient (Wildman–Crippen LogP) is 2.97. The van der Waals surface area contributed by atoms with Crippen LogP contribution in [0.4, 0.5) is 10.1 Å². The number of methoxy groups -OCH3 is 1. The van der Waals surface area contributed by atoms with Gasteiger partial charge in [-0.1, -0.05) is 41.4 Å². The van der Waals surface area contributed by atoms with Crippen molar-refractivity contribution in [1.82, 2.24) is 0 Å². The van der Waals surface area contributed by atoms with Crippen molar-refractivity contribution in [2.45, 2.75) is 18.0 Å². The smallest absolute Gasteiger partial charge is 0.346 e. The van der Waals surface area contributed by atoms with Crippen LogP contribution in [0.1, 0.15) is 11.1 Å². The SMILES string of the molecule is COC(=O)[C@@]1(F)[C@H]2C(=O)N(c3ccc(C)cc3)C(=O)[C@]21c1ccc(Cl)cc1. The quantitative estimate of drug-likeness (QED) is 0.600. The molecule has 0 aromatic heterocycles. The minimum atomic E-state index is -2.73. The van der Waals surface area contributed by atoms with Crippen molar-refractivity contribution in [2.75, 3.05) is 12.0 Å². The summed E-state index contributed by atoms with van der Waals surface area (Å²) in [6.45, 7) is 1.87. The zero-order valence-corrected chi connectivity index (χ0v) is 15.3. The summed E-state index contributed by atoms with van der Waals surface area (Å²) in [7, 11) is 1.03. The van der Waals surface area contributed by atoms with Crippen molar-refractivity contribution in [1.29, 1.82) is 0 Å². The van der Waals surface area contributed by atoms with Gasteiger partial charge in [-0.25, -0.2) is 14.1 Å². The molecule has 7 heteroatoms. The maximum absolute atomic E-state index is 15.7. The lowest BCUT2D eigenvalue weighted by molar-refractivity contribution is -0.152. The molecular formula is C20H15ClFNO4. The van der Waals surface area contributed by atoms with Crippen LogP contribution in [-0.2, 0) is 24.5 Å². The van der Waals surface area contributed by atoms with Crippen molar-refractivity contribution in [3.05, 3.63) is 64.7 Å². The molecule has 4 rings (SSSR count). The average Bonchev–Trinajstić information content (AvgIpc) is 3.15. The van der Waals surface area contributed by atoms with Crippen LogP contribution in [0.25, 0.3) is 0 Å². The predicted molar refractivity (Wildman–Crippen MR) is 96.1 cm³/mol. The Hall–Kier alpha value is -2.73. The second kappa shape index (κ2) is 5.63. The Balaban J connectivity index is 1.87. The zero-order chi connectivity index (χ0) is 19.6. The third kappa shape index (κ3) is 2.02. The highest BCUT2D eigenvalue weighted by Crippen LogP contribution is 2.71. The number of alkyl halides is 1. The number of aryl methyl sites for hydroxylation is 1. The first-order valence-corrected chi connectivity index (χ1v) is 8.66. The molecule has 2 aromatic carbocycles. The first-order valence-electron chi connectivity index (χ1n) is 8.28. The molecule has 5 nitrogen and oxygen atoms in total. The van der Waals surface area contributed by atoms with E-state index < -0.39 is 34.8 Å². The molecular weight excluding hydrogens is 373 g/mol. The molecule has 0 bridgehead atoms. The van der Waals surface area contributed by atoms with Crippen molar-refractivity contribution < 1.29 is 23.5 Å². The van der Waals surface area contributed by atoms with Gasteiger partial charge < -0.3 is 4.74 Å². The molecule has 1 saturated carbocycles. The molecule has 1 aliphatic heterocycles. The topological polar surface area (TPSA) is 63.7 Å². The molecule has 1 saturated heterocycles. The van der Waals surface area contributed by atoms with Gasteiger partial charge in [0, 0.05) is 5.02 Å². The van der Waals surface area contributed by atoms with E-state index in [2.05, 4.69) is 4.74 Å². The van der Waals surface area contributed by atoms with E-state index in [-0.39, 0.29) is 5.56 Å². The fourth-order valence-electron chi connectivity index (χ4n) is 4.06. The number of carbonyl (C=O) groups excluding carboxylic acids is 3. The highest BCUT2D eigenvalue weighted by atomic mass is 35.5. The number of esters is 1. The summed E-state index contributed by atoms with van der Waals surface area (Å²) in [6, 6.07) is 12.6. The maximum Gasteiger partial charge on any atom is 0.346 e. The van der Waals surface area contributed by atoms with Crippen molar-refractivity contribution in [3.63, 3.8) is 0 Å². The van der Waals surface area contributed by atoms with E-state index in [1.54, 1.807) is 24.3 Å². The normalized spacial score (nSPS) is 28.9. The summed E-state index contributed by atoms with van der Waals surface area (Å²) in [4.78, 5) is 39.4. The Kier molecular flexibility index (Phi) is 3.69. The van der Waals surface area contributed by atoms with Gasteiger partial charge in [0.2, 0.25) is 17.5 Å². The Morgan fingerprint density at radius 3 is 2.26 bits per heavy atom. The summed E-state index contributed by atoms with van der Waals surface area (Å²) in [6.07, 6.45) is 0. The standard InChI is InChI=1S/C20H15ClFNO4/c1-11-3-9-14(10-4-11)23-16(24)15-19(17(23)25,20(15,22)18(26)27-2)12-5-7-13(21)8-6-12/h3-10,15H,1-2H3/t15-,19-,20-/m0/s1. The van der Waals surface area contributed by atoms with Crippen LogP contribution in [0.15, 0.2) is 48.5 Å². The highest BCUT2D eigenvalue weighted by Gasteiger charge is 2.94. The van der Waals surface area contributed by atoms with E-state index in [1.807, 2.05) is 6.92 Å². The van der Waals surface area contributed by atoms with Gasteiger partial charge in [-0.2, -0.15) is 0 Å². The minimum absolute atomic E-state index is 0.220. The van der Waals surface area contributed by atoms with E-state index in [9.17, 15) is 14.4 Å². The molecule has 0 N–H and O–H groups in total. The van der Waals surface area contributed by atoms with Crippen molar-refractivity contribution in [2.24, 2.45) is 5.92 Å². The lowest BCUT2D eigenvalue weighted by Gasteiger charge is -2.24. The van der Waals surface area contributed by atoms with Crippen LogP contribution >= 0.6 is 11.6 Å². The molecule has 2 amide bonds. The maximum atomic E-state index is 15.7. The number of rotatable bonds is 3. The zero-order valence-electron chi connectivity index (χ0n) is 14.5. The molecule has 2 aliphatic rings. The van der Waals surface area contributed by atoms with Crippen LogP contribution in [0.3, 0.4) is 0 Å². The molecule has 1 heterocycles. The first-order chi connectivity index (χ1) is 12.8. The number of benzene rings is 2. The number of carbonyl (C=O) groups is 3. The Bertz CT molecular complexity index is 974. The number of imide groups is 1. The molecule has 27 heavy (non-hydrogen) atoms. The number of hydrogen-bond acceptors (Lipinski definition) is 4. The highest BCUT2D eigenvalue weighted by molar-refractivity contribution is 6.34. The molecule has 2 aromatic rings. The largest absolute Gasteiger partial charge is 0.467 e. The fraction of sp³-hybridized carbons (Fsp3) is 0.250. The van der Waals surface area contributed by atoms with E-state index in [0.29, 0.717) is 10.7 Å². The van der Waals surface area contributed by atoms with Gasteiger partial charge in [0.25, 0.3) is 0 Å². The third-order valence-electron chi connectivity index (χ3n) is 5.40. The molecule has 3 atom stereocenters. The van der Waals surface area contributed by atoms with Gasteiger partial charge >= 0.3 is 5.97 Å². The second-order valence-corrected chi connectivity index (χ2v) is 7.20. The van der Waals surface area contributed by atoms with Crippen LogP contribution in [0.5, 0.6) is 0 Å². The molecule has 0 spiro atoms. The fourth-order valence-corrected chi connectivity index (χ4v) is 4.18. The van der Waals surface area contributed by atoms with Gasteiger partial charge in [0.05, 0.1) is 12.8 Å². The molecule has 0 unspecified atom stereocenters. The van der Waals surface area contributed by atoms with Crippen LogP contribution in [0.2, 0.25) is 5.02 Å². The Morgan fingerprint density at radius 2 is 1.70 bits per heavy atom. The third-order valence-corrected chi connectivity index (χ3v) is 5.66. The van der Waals surface area contributed by atoms with Crippen molar-refractivity contribution >= 4 is 35.1 Å². The summed E-state index contributed by atoms with van der Waals surface area (Å²) in [5.74, 6) is -4.23. The number of ether oxygens (including phenoxy) is 1. The summed E-state index contributed by atoms with van der Waals surface area (Å²) in [5.41, 5.74) is -3.16. The second-order valence-electron chi connectivity index (χ2n) is 6.77. The van der Waals surface area contributed by atoms with Gasteiger partial charge in [-0.05, 0) is 36.8 Å². The van der Waals surface area contributed by atoms with Crippen LogP contribution in [-0.4, -0.2) is 30.6 Å². The Morgan fingerprint density at radius 1 is 1.11 bits per heavy atom. The van der Waals surface area contributed by atoms with E-state index >= 15 is 4.39 Å². The van der Waals surface area contributed by atoms with Gasteiger partial charge in [0.1, 0.15) is 11.3 Å². The molecule has 2 fully saturated rings. The van der Waals surface area contributed by atoms with E-state index in [4.69, 9.17) is 11.6 Å². The van der Waals surface area contributed by atoms with Crippen LogP contribution < -0.4 is 4.90 Å². The summed E-state index contributed by atoms with van der Waals surface area (Å²) >= 11 is 5.90. The number of anilines is 1. The lowest BCUT2D eigenvalue weighted by Crippen LogP contribution is -2.46. The minimum Gasteiger partial charge on any atom is -0.467 e. The number of halogens is 2. The number of nitrogens with zero attached hydrogens (tertiary/aromatic N) is 1. The number of piperidine rings is 1. The van der Waals surface area contributed by atoms with E-state index in [1.165, 1.54) is 24.3 Å². The van der Waals surface area contributed by atoms with Gasteiger partial charge in [-0.15, -0.1) is 0 Å².